The number of hydrogen-bond donors (Lipinski definition) is 1. The fourth-order valence-corrected chi connectivity index (χ4v) is 2.33. The maximum absolute atomic E-state index is 5.54. The minimum atomic E-state index is -0.00213. The third-order valence-electron chi connectivity index (χ3n) is 3.26. The molecule has 1 aromatic carbocycles. The number of morpholine rings is 1. The molecule has 2 rings (SSSR count). The van der Waals surface area contributed by atoms with Crippen molar-refractivity contribution in [3.63, 3.8) is 0 Å². The average Bonchev–Trinajstić information content (AvgIpc) is 2.39. The lowest BCUT2D eigenvalue weighted by molar-refractivity contribution is 0.0355. The molecule has 1 aromatic rings. The number of rotatable bonds is 4. The monoisotopic (exact) mass is 251 g/mol. The van der Waals surface area contributed by atoms with E-state index in [4.69, 9.17) is 14.2 Å². The van der Waals surface area contributed by atoms with Crippen LogP contribution >= 0.6 is 0 Å². The Morgan fingerprint density at radius 3 is 2.67 bits per heavy atom. The second-order valence-electron chi connectivity index (χ2n) is 4.91. The lowest BCUT2D eigenvalue weighted by Gasteiger charge is -2.35. The van der Waals surface area contributed by atoms with E-state index >= 15 is 0 Å². The fraction of sp³-hybridized carbons (Fsp3) is 0.571. The van der Waals surface area contributed by atoms with Gasteiger partial charge in [0.25, 0.3) is 0 Å². The Kier molecular flexibility index (Phi) is 4.09. The van der Waals surface area contributed by atoms with Crippen molar-refractivity contribution in [2.24, 2.45) is 0 Å². The van der Waals surface area contributed by atoms with Gasteiger partial charge in [-0.15, -0.1) is 0 Å². The Balaban J connectivity index is 2.13. The topological polar surface area (TPSA) is 39.7 Å². The summed E-state index contributed by atoms with van der Waals surface area (Å²) in [5, 5.41) is 3.51. The van der Waals surface area contributed by atoms with E-state index in [0.717, 1.165) is 37.7 Å². The molecule has 1 N–H and O–H groups in total. The molecule has 1 aliphatic heterocycles. The molecule has 0 saturated carbocycles. The summed E-state index contributed by atoms with van der Waals surface area (Å²) in [5.74, 6) is 1.54. The van der Waals surface area contributed by atoms with Gasteiger partial charge in [-0.05, 0) is 31.0 Å². The summed E-state index contributed by atoms with van der Waals surface area (Å²) in [6.07, 6.45) is 0.910. The van der Waals surface area contributed by atoms with E-state index in [-0.39, 0.29) is 5.54 Å². The zero-order valence-electron chi connectivity index (χ0n) is 11.3. The van der Waals surface area contributed by atoms with Crippen molar-refractivity contribution < 1.29 is 14.2 Å². The minimum absolute atomic E-state index is 0.00213. The van der Waals surface area contributed by atoms with Crippen molar-refractivity contribution in [1.82, 2.24) is 5.32 Å². The number of hydrogen-bond acceptors (Lipinski definition) is 4. The third kappa shape index (κ3) is 2.94. The molecule has 0 amide bonds. The molecule has 0 aromatic heterocycles. The molecule has 0 aliphatic carbocycles. The molecule has 0 bridgehead atoms. The smallest absolute Gasteiger partial charge is 0.160 e. The lowest BCUT2D eigenvalue weighted by atomic mass is 9.92. The Bertz CT molecular complexity index is 400. The van der Waals surface area contributed by atoms with Gasteiger partial charge in [-0.2, -0.15) is 0 Å². The molecule has 100 valence electrons. The van der Waals surface area contributed by atoms with Crippen molar-refractivity contribution in [2.45, 2.75) is 18.9 Å². The Hall–Kier alpha value is -1.26. The van der Waals surface area contributed by atoms with Crippen molar-refractivity contribution in [3.05, 3.63) is 23.8 Å². The van der Waals surface area contributed by atoms with E-state index < -0.39 is 0 Å². The van der Waals surface area contributed by atoms with Gasteiger partial charge in [0.2, 0.25) is 0 Å². The Labute approximate surface area is 108 Å². The van der Waals surface area contributed by atoms with Gasteiger partial charge >= 0.3 is 0 Å². The lowest BCUT2D eigenvalue weighted by Crippen LogP contribution is -2.53. The van der Waals surface area contributed by atoms with Gasteiger partial charge in [0.05, 0.1) is 27.4 Å². The predicted octanol–water partition coefficient (Wildman–Crippen LogP) is 1.62. The van der Waals surface area contributed by atoms with E-state index in [1.807, 2.05) is 12.1 Å². The summed E-state index contributed by atoms with van der Waals surface area (Å²) >= 11 is 0. The van der Waals surface area contributed by atoms with E-state index in [9.17, 15) is 0 Å². The summed E-state index contributed by atoms with van der Waals surface area (Å²) in [6.45, 7) is 4.62. The SMILES string of the molecule is COc1ccc(CC2(C)COCCN2)cc1OC. The highest BCUT2D eigenvalue weighted by atomic mass is 16.5. The molecule has 1 aliphatic rings. The molecule has 0 radical (unpaired) electrons. The first-order valence-electron chi connectivity index (χ1n) is 6.20. The molecule has 1 fully saturated rings. The molecule has 18 heavy (non-hydrogen) atoms. The predicted molar refractivity (Wildman–Crippen MR) is 70.5 cm³/mol. The van der Waals surface area contributed by atoms with Crippen molar-refractivity contribution in [2.75, 3.05) is 34.0 Å². The van der Waals surface area contributed by atoms with Crippen LogP contribution in [0.5, 0.6) is 11.5 Å². The maximum Gasteiger partial charge on any atom is 0.160 e. The number of benzene rings is 1. The van der Waals surface area contributed by atoms with Gasteiger partial charge in [0.1, 0.15) is 0 Å². The van der Waals surface area contributed by atoms with Crippen LogP contribution in [0.4, 0.5) is 0 Å². The summed E-state index contributed by atoms with van der Waals surface area (Å²) in [7, 11) is 3.31. The van der Waals surface area contributed by atoms with Gasteiger partial charge < -0.3 is 19.5 Å². The largest absolute Gasteiger partial charge is 0.493 e. The van der Waals surface area contributed by atoms with Gasteiger partial charge in [0.15, 0.2) is 11.5 Å². The molecule has 1 heterocycles. The van der Waals surface area contributed by atoms with Gasteiger partial charge in [-0.1, -0.05) is 6.07 Å². The fourth-order valence-electron chi connectivity index (χ4n) is 2.33. The second kappa shape index (κ2) is 5.59. The Morgan fingerprint density at radius 1 is 1.28 bits per heavy atom. The number of methoxy groups -OCH3 is 2. The zero-order chi connectivity index (χ0) is 13.0. The van der Waals surface area contributed by atoms with Crippen LogP contribution in [0.2, 0.25) is 0 Å². The van der Waals surface area contributed by atoms with Crippen molar-refractivity contribution in [1.29, 1.82) is 0 Å². The van der Waals surface area contributed by atoms with Gasteiger partial charge in [-0.3, -0.25) is 0 Å². The molecule has 4 nitrogen and oxygen atoms in total. The second-order valence-corrected chi connectivity index (χ2v) is 4.91. The molecule has 0 spiro atoms. The van der Waals surface area contributed by atoms with Crippen LogP contribution in [-0.2, 0) is 11.2 Å². The van der Waals surface area contributed by atoms with Gasteiger partial charge in [0, 0.05) is 12.1 Å². The van der Waals surface area contributed by atoms with Crippen LogP contribution in [-0.4, -0.2) is 39.5 Å². The summed E-state index contributed by atoms with van der Waals surface area (Å²) in [5.41, 5.74) is 1.21. The van der Waals surface area contributed by atoms with Crippen LogP contribution in [0.1, 0.15) is 12.5 Å². The van der Waals surface area contributed by atoms with Crippen molar-refractivity contribution in [3.8, 4) is 11.5 Å². The summed E-state index contributed by atoms with van der Waals surface area (Å²) < 4.78 is 16.1. The molecule has 4 heteroatoms. The van der Waals surface area contributed by atoms with Crippen molar-refractivity contribution >= 4 is 0 Å². The van der Waals surface area contributed by atoms with E-state index in [0.29, 0.717) is 0 Å². The first-order valence-corrected chi connectivity index (χ1v) is 6.20. The van der Waals surface area contributed by atoms with Crippen LogP contribution in [0.25, 0.3) is 0 Å². The molecular weight excluding hydrogens is 230 g/mol. The highest BCUT2D eigenvalue weighted by molar-refractivity contribution is 5.43. The highest BCUT2D eigenvalue weighted by Crippen LogP contribution is 2.29. The third-order valence-corrected chi connectivity index (χ3v) is 3.26. The van der Waals surface area contributed by atoms with Crippen LogP contribution in [0, 0.1) is 0 Å². The van der Waals surface area contributed by atoms with Crippen LogP contribution in [0.15, 0.2) is 18.2 Å². The maximum atomic E-state index is 5.54. The van der Waals surface area contributed by atoms with E-state index in [2.05, 4.69) is 18.3 Å². The molecular formula is C14H21NO3. The summed E-state index contributed by atoms with van der Waals surface area (Å²) in [4.78, 5) is 0. The van der Waals surface area contributed by atoms with E-state index in [1.54, 1.807) is 14.2 Å². The Morgan fingerprint density at radius 2 is 2.06 bits per heavy atom. The molecule has 1 unspecified atom stereocenters. The van der Waals surface area contributed by atoms with Gasteiger partial charge in [-0.25, -0.2) is 0 Å². The highest BCUT2D eigenvalue weighted by Gasteiger charge is 2.27. The first-order chi connectivity index (χ1) is 8.67. The van der Waals surface area contributed by atoms with Crippen LogP contribution in [0.3, 0.4) is 0 Å². The average molecular weight is 251 g/mol. The normalized spacial score (nSPS) is 23.7. The molecule has 1 saturated heterocycles. The minimum Gasteiger partial charge on any atom is -0.493 e. The van der Waals surface area contributed by atoms with E-state index in [1.165, 1.54) is 5.56 Å². The van der Waals surface area contributed by atoms with Crippen LogP contribution < -0.4 is 14.8 Å². The first kappa shape index (κ1) is 13.2. The zero-order valence-corrected chi connectivity index (χ0v) is 11.3. The number of ether oxygens (including phenoxy) is 3. The summed E-state index contributed by atoms with van der Waals surface area (Å²) in [6, 6.07) is 6.05. The number of nitrogens with one attached hydrogen (secondary N) is 1. The quantitative estimate of drug-likeness (QED) is 0.883. The standard InChI is InChI=1S/C14H21NO3/c1-14(10-18-7-6-15-14)9-11-4-5-12(16-2)13(8-11)17-3/h4-5,8,15H,6-7,9-10H2,1-3H3. The molecule has 1 atom stereocenters.